The smallest absolute Gasteiger partial charge is 0.241 e. The standard InChI is InChI=1S/C13H22N2O4S2/c1-6-20(16,17)14-11-7-8-12(10(2)9-11)21(18,19)15-13(3,4)5/h7-9,14-15H,6H2,1-5H3. The van der Waals surface area contributed by atoms with E-state index in [2.05, 4.69) is 9.44 Å². The fourth-order valence-electron chi connectivity index (χ4n) is 1.72. The third kappa shape index (κ3) is 5.29. The van der Waals surface area contributed by atoms with Crippen molar-refractivity contribution in [1.29, 1.82) is 0 Å². The highest BCUT2D eigenvalue weighted by atomic mass is 32.2. The van der Waals surface area contributed by atoms with Crippen molar-refractivity contribution in [2.45, 2.75) is 45.1 Å². The highest BCUT2D eigenvalue weighted by Gasteiger charge is 2.23. The first kappa shape index (κ1) is 17.9. The van der Waals surface area contributed by atoms with Gasteiger partial charge in [0.2, 0.25) is 20.0 Å². The Labute approximate surface area is 127 Å². The number of hydrogen-bond donors (Lipinski definition) is 2. The lowest BCUT2D eigenvalue weighted by atomic mass is 10.1. The summed E-state index contributed by atoms with van der Waals surface area (Å²) in [6, 6.07) is 4.35. The van der Waals surface area contributed by atoms with Crippen LogP contribution in [0.5, 0.6) is 0 Å². The molecule has 120 valence electrons. The van der Waals surface area contributed by atoms with Gasteiger partial charge in [-0.2, -0.15) is 0 Å². The van der Waals surface area contributed by atoms with Gasteiger partial charge >= 0.3 is 0 Å². The summed E-state index contributed by atoms with van der Waals surface area (Å²) in [6.45, 7) is 8.42. The van der Waals surface area contributed by atoms with Crippen LogP contribution in [0, 0.1) is 6.92 Å². The van der Waals surface area contributed by atoms with Gasteiger partial charge in [0.15, 0.2) is 0 Å². The summed E-state index contributed by atoms with van der Waals surface area (Å²) in [7, 11) is -7.02. The first-order chi connectivity index (χ1) is 9.36. The number of sulfonamides is 2. The van der Waals surface area contributed by atoms with Gasteiger partial charge in [-0.25, -0.2) is 21.6 Å². The van der Waals surface area contributed by atoms with Gasteiger partial charge in [-0.3, -0.25) is 4.72 Å². The van der Waals surface area contributed by atoms with Gasteiger partial charge in [0.05, 0.1) is 10.6 Å². The SMILES string of the molecule is CCS(=O)(=O)Nc1ccc(S(=O)(=O)NC(C)(C)C)c(C)c1. The Bertz CT molecular complexity index is 717. The van der Waals surface area contributed by atoms with E-state index in [1.54, 1.807) is 27.7 Å². The molecule has 0 unspecified atom stereocenters. The Balaban J connectivity index is 3.15. The average Bonchev–Trinajstić information content (AvgIpc) is 2.24. The monoisotopic (exact) mass is 334 g/mol. The van der Waals surface area contributed by atoms with Crippen molar-refractivity contribution in [2.24, 2.45) is 0 Å². The lowest BCUT2D eigenvalue weighted by molar-refractivity contribution is 0.491. The zero-order chi connectivity index (χ0) is 16.5. The zero-order valence-corrected chi connectivity index (χ0v) is 14.5. The molecule has 1 aromatic carbocycles. The normalized spacial score (nSPS) is 13.2. The molecular formula is C13H22N2O4S2. The van der Waals surface area contributed by atoms with Crippen LogP contribution >= 0.6 is 0 Å². The molecule has 0 amide bonds. The Morgan fingerprint density at radius 2 is 1.67 bits per heavy atom. The largest absolute Gasteiger partial charge is 0.284 e. The maximum Gasteiger partial charge on any atom is 0.241 e. The number of benzene rings is 1. The molecule has 0 atom stereocenters. The summed E-state index contributed by atoms with van der Waals surface area (Å²) < 4.78 is 52.5. The average molecular weight is 334 g/mol. The molecule has 2 N–H and O–H groups in total. The van der Waals surface area contributed by atoms with Gasteiger partial charge in [-0.1, -0.05) is 0 Å². The lowest BCUT2D eigenvalue weighted by Gasteiger charge is -2.21. The van der Waals surface area contributed by atoms with Crippen LogP contribution < -0.4 is 9.44 Å². The minimum absolute atomic E-state index is 0.0440. The molecule has 6 nitrogen and oxygen atoms in total. The van der Waals surface area contributed by atoms with E-state index >= 15 is 0 Å². The fraction of sp³-hybridized carbons (Fsp3) is 0.538. The molecule has 0 bridgehead atoms. The van der Waals surface area contributed by atoms with Crippen molar-refractivity contribution in [1.82, 2.24) is 4.72 Å². The molecule has 1 aromatic rings. The zero-order valence-electron chi connectivity index (χ0n) is 12.9. The molecular weight excluding hydrogens is 312 g/mol. The van der Waals surface area contributed by atoms with E-state index < -0.39 is 25.6 Å². The summed E-state index contributed by atoms with van der Waals surface area (Å²) >= 11 is 0. The molecule has 0 aliphatic rings. The van der Waals surface area contributed by atoms with Crippen molar-refractivity contribution < 1.29 is 16.8 Å². The van der Waals surface area contributed by atoms with E-state index in [1.165, 1.54) is 25.1 Å². The van der Waals surface area contributed by atoms with Crippen LogP contribution in [-0.4, -0.2) is 28.1 Å². The Morgan fingerprint density at radius 3 is 2.10 bits per heavy atom. The number of aryl methyl sites for hydroxylation is 1. The van der Waals surface area contributed by atoms with Crippen molar-refractivity contribution in [3.8, 4) is 0 Å². The second-order valence-electron chi connectivity index (χ2n) is 5.84. The third-order valence-electron chi connectivity index (χ3n) is 2.56. The van der Waals surface area contributed by atoms with Crippen molar-refractivity contribution >= 4 is 25.7 Å². The van der Waals surface area contributed by atoms with E-state index in [-0.39, 0.29) is 10.6 Å². The third-order valence-corrected chi connectivity index (χ3v) is 5.78. The van der Waals surface area contributed by atoms with E-state index in [0.717, 1.165) is 0 Å². The lowest BCUT2D eigenvalue weighted by Crippen LogP contribution is -2.40. The summed E-state index contributed by atoms with van der Waals surface area (Å²) in [4.78, 5) is 0.136. The topological polar surface area (TPSA) is 92.3 Å². The Morgan fingerprint density at radius 1 is 1.10 bits per heavy atom. The van der Waals surface area contributed by atoms with Crippen molar-refractivity contribution in [2.75, 3.05) is 10.5 Å². The molecule has 0 heterocycles. The Hall–Kier alpha value is -1.12. The van der Waals surface area contributed by atoms with Crippen LogP contribution in [0.3, 0.4) is 0 Å². The van der Waals surface area contributed by atoms with Crippen LogP contribution in [0.2, 0.25) is 0 Å². The van der Waals surface area contributed by atoms with Crippen LogP contribution in [0.4, 0.5) is 5.69 Å². The minimum Gasteiger partial charge on any atom is -0.284 e. The van der Waals surface area contributed by atoms with E-state index in [4.69, 9.17) is 0 Å². The molecule has 1 rings (SSSR count). The first-order valence-corrected chi connectivity index (χ1v) is 9.65. The number of anilines is 1. The summed E-state index contributed by atoms with van der Waals surface area (Å²) in [6.07, 6.45) is 0. The molecule has 0 aromatic heterocycles. The van der Waals surface area contributed by atoms with Gasteiger partial charge in [0, 0.05) is 11.2 Å². The molecule has 0 aliphatic carbocycles. The van der Waals surface area contributed by atoms with Crippen LogP contribution in [0.25, 0.3) is 0 Å². The maximum absolute atomic E-state index is 12.3. The molecule has 0 aliphatic heterocycles. The molecule has 0 saturated heterocycles. The fourth-order valence-corrected chi connectivity index (χ4v) is 4.00. The van der Waals surface area contributed by atoms with E-state index in [1.807, 2.05) is 0 Å². The van der Waals surface area contributed by atoms with Crippen LogP contribution in [0.15, 0.2) is 23.1 Å². The molecule has 0 radical (unpaired) electrons. The number of rotatable bonds is 5. The van der Waals surface area contributed by atoms with Crippen molar-refractivity contribution in [3.63, 3.8) is 0 Å². The minimum atomic E-state index is -3.64. The highest BCUT2D eigenvalue weighted by Crippen LogP contribution is 2.21. The maximum atomic E-state index is 12.3. The first-order valence-electron chi connectivity index (χ1n) is 6.51. The van der Waals surface area contributed by atoms with Gasteiger partial charge in [0.1, 0.15) is 0 Å². The van der Waals surface area contributed by atoms with Gasteiger partial charge < -0.3 is 0 Å². The summed E-state index contributed by atoms with van der Waals surface area (Å²) in [5.74, 6) is -0.0440. The molecule has 8 heteroatoms. The summed E-state index contributed by atoms with van der Waals surface area (Å²) in [5, 5.41) is 0. The quantitative estimate of drug-likeness (QED) is 0.859. The second kappa shape index (κ2) is 5.94. The molecule has 0 fully saturated rings. The van der Waals surface area contributed by atoms with Gasteiger partial charge in [-0.05, 0) is 58.4 Å². The second-order valence-corrected chi connectivity index (χ2v) is 9.50. The number of hydrogen-bond acceptors (Lipinski definition) is 4. The van der Waals surface area contributed by atoms with Gasteiger partial charge in [0.25, 0.3) is 0 Å². The van der Waals surface area contributed by atoms with Crippen molar-refractivity contribution in [3.05, 3.63) is 23.8 Å². The Kier molecular flexibility index (Phi) is 5.07. The molecule has 0 spiro atoms. The highest BCUT2D eigenvalue weighted by molar-refractivity contribution is 7.92. The van der Waals surface area contributed by atoms with Crippen LogP contribution in [-0.2, 0) is 20.0 Å². The van der Waals surface area contributed by atoms with E-state index in [9.17, 15) is 16.8 Å². The van der Waals surface area contributed by atoms with Gasteiger partial charge in [-0.15, -0.1) is 0 Å². The molecule has 0 saturated carbocycles. The van der Waals surface area contributed by atoms with Crippen LogP contribution in [0.1, 0.15) is 33.3 Å². The predicted molar refractivity (Wildman–Crippen MR) is 84.3 cm³/mol. The summed E-state index contributed by atoms with van der Waals surface area (Å²) in [5.41, 5.74) is 0.236. The molecule has 21 heavy (non-hydrogen) atoms. The van der Waals surface area contributed by atoms with E-state index in [0.29, 0.717) is 11.3 Å². The number of nitrogens with one attached hydrogen (secondary N) is 2. The predicted octanol–water partition coefficient (Wildman–Crippen LogP) is 1.83.